The van der Waals surface area contributed by atoms with Crippen LogP contribution in [0.4, 0.5) is 0 Å². The van der Waals surface area contributed by atoms with Crippen molar-refractivity contribution >= 4 is 0 Å². The van der Waals surface area contributed by atoms with E-state index in [0.717, 1.165) is 12.1 Å². The summed E-state index contributed by atoms with van der Waals surface area (Å²) in [7, 11) is 1.63. The van der Waals surface area contributed by atoms with Crippen molar-refractivity contribution < 1.29 is 4.74 Å². The average molecular weight is 278 g/mol. The third-order valence-electron chi connectivity index (χ3n) is 4.35. The van der Waals surface area contributed by atoms with E-state index in [-0.39, 0.29) is 11.5 Å². The lowest BCUT2D eigenvalue weighted by Crippen LogP contribution is -2.41. The molecular formula is C15H26N4O. The number of nitrogens with two attached hydrogens (primary N) is 1. The molecule has 0 aliphatic heterocycles. The molecule has 1 aromatic heterocycles. The maximum Gasteiger partial charge on any atom is 0.237 e. The van der Waals surface area contributed by atoms with E-state index in [4.69, 9.17) is 10.6 Å². The van der Waals surface area contributed by atoms with Gasteiger partial charge in [-0.3, -0.25) is 16.3 Å². The molecule has 0 bridgehead atoms. The Hall–Kier alpha value is -1.20. The number of methoxy groups -OCH3 is 1. The van der Waals surface area contributed by atoms with Crippen LogP contribution in [0.2, 0.25) is 0 Å². The van der Waals surface area contributed by atoms with Crippen molar-refractivity contribution in [3.05, 3.63) is 18.1 Å². The van der Waals surface area contributed by atoms with Crippen LogP contribution < -0.4 is 16.0 Å². The Morgan fingerprint density at radius 3 is 2.50 bits per heavy atom. The first-order valence-corrected chi connectivity index (χ1v) is 7.44. The topological polar surface area (TPSA) is 73.1 Å². The number of hydrogen-bond donors (Lipinski definition) is 2. The van der Waals surface area contributed by atoms with Gasteiger partial charge in [-0.05, 0) is 30.6 Å². The van der Waals surface area contributed by atoms with Crippen molar-refractivity contribution in [1.82, 2.24) is 15.4 Å². The van der Waals surface area contributed by atoms with E-state index in [1.165, 1.54) is 25.7 Å². The van der Waals surface area contributed by atoms with Crippen LogP contribution in [-0.4, -0.2) is 17.1 Å². The molecule has 1 aromatic rings. The van der Waals surface area contributed by atoms with Crippen LogP contribution in [0.25, 0.3) is 0 Å². The minimum atomic E-state index is -0.00366. The predicted molar refractivity (Wildman–Crippen MR) is 79.0 cm³/mol. The first-order valence-electron chi connectivity index (χ1n) is 7.44. The zero-order valence-corrected chi connectivity index (χ0v) is 12.7. The lowest BCUT2D eigenvalue weighted by Gasteiger charge is -2.38. The van der Waals surface area contributed by atoms with Crippen molar-refractivity contribution in [2.24, 2.45) is 17.2 Å². The molecule has 1 saturated carbocycles. The number of ether oxygens (including phenoxy) is 1. The summed E-state index contributed by atoms with van der Waals surface area (Å²) >= 11 is 0. The smallest absolute Gasteiger partial charge is 0.237 e. The normalized spacial score (nSPS) is 19.2. The molecule has 3 N–H and O–H groups in total. The molecule has 1 atom stereocenters. The van der Waals surface area contributed by atoms with Crippen LogP contribution in [0.5, 0.6) is 5.88 Å². The van der Waals surface area contributed by atoms with Gasteiger partial charge < -0.3 is 4.74 Å². The standard InChI is InChI=1S/C15H26N4O/c1-11(2)10-15(6-4-5-7-15)13(19-16)12-14(20-3)18-9-8-17-12/h8-9,11,13,19H,4-7,10,16H2,1-3H3. The fraction of sp³-hybridized carbons (Fsp3) is 0.733. The van der Waals surface area contributed by atoms with Gasteiger partial charge in [0.15, 0.2) is 0 Å². The molecule has 0 aromatic carbocycles. The monoisotopic (exact) mass is 278 g/mol. The highest BCUT2D eigenvalue weighted by molar-refractivity contribution is 5.24. The summed E-state index contributed by atoms with van der Waals surface area (Å²) in [6.45, 7) is 4.53. The molecule has 1 heterocycles. The Bertz CT molecular complexity index is 430. The highest BCUT2D eigenvalue weighted by Crippen LogP contribution is 2.51. The Kier molecular flexibility index (Phi) is 4.94. The maximum absolute atomic E-state index is 5.90. The summed E-state index contributed by atoms with van der Waals surface area (Å²) in [6, 6.07) is -0.00366. The van der Waals surface area contributed by atoms with Crippen LogP contribution in [0, 0.1) is 11.3 Å². The highest BCUT2D eigenvalue weighted by Gasteiger charge is 2.43. The molecule has 1 aliphatic rings. The molecule has 0 amide bonds. The number of aromatic nitrogens is 2. The van der Waals surface area contributed by atoms with Crippen molar-refractivity contribution in [3.63, 3.8) is 0 Å². The summed E-state index contributed by atoms with van der Waals surface area (Å²) in [4.78, 5) is 8.76. The molecule has 1 fully saturated rings. The fourth-order valence-electron chi connectivity index (χ4n) is 3.74. The minimum Gasteiger partial charge on any atom is -0.480 e. The SMILES string of the molecule is COc1nccnc1C(NN)C1(CC(C)C)CCCC1. The van der Waals surface area contributed by atoms with E-state index in [9.17, 15) is 0 Å². The van der Waals surface area contributed by atoms with Crippen LogP contribution in [-0.2, 0) is 0 Å². The van der Waals surface area contributed by atoms with Crippen molar-refractivity contribution in [3.8, 4) is 5.88 Å². The van der Waals surface area contributed by atoms with E-state index >= 15 is 0 Å². The van der Waals surface area contributed by atoms with Crippen molar-refractivity contribution in [1.29, 1.82) is 0 Å². The lowest BCUT2D eigenvalue weighted by atomic mass is 9.71. The number of nitrogens with zero attached hydrogens (tertiary/aromatic N) is 2. The first-order chi connectivity index (χ1) is 9.63. The second kappa shape index (κ2) is 6.50. The Balaban J connectivity index is 2.38. The highest BCUT2D eigenvalue weighted by atomic mass is 16.5. The average Bonchev–Trinajstić information content (AvgIpc) is 2.88. The largest absolute Gasteiger partial charge is 0.480 e. The molecule has 112 valence electrons. The molecule has 2 rings (SSSR count). The Labute approximate surface area is 121 Å². The molecule has 1 aliphatic carbocycles. The number of hydrogen-bond acceptors (Lipinski definition) is 5. The number of hydrazine groups is 1. The van der Waals surface area contributed by atoms with Gasteiger partial charge >= 0.3 is 0 Å². The van der Waals surface area contributed by atoms with Gasteiger partial charge in [0.05, 0.1) is 13.2 Å². The molecule has 5 nitrogen and oxygen atoms in total. The third-order valence-corrected chi connectivity index (χ3v) is 4.35. The Morgan fingerprint density at radius 2 is 1.95 bits per heavy atom. The molecule has 0 saturated heterocycles. The zero-order valence-electron chi connectivity index (χ0n) is 12.7. The number of nitrogens with one attached hydrogen (secondary N) is 1. The molecule has 0 radical (unpaired) electrons. The third kappa shape index (κ3) is 2.94. The predicted octanol–water partition coefficient (Wildman–Crippen LogP) is 2.60. The molecule has 1 unspecified atom stereocenters. The maximum atomic E-state index is 5.90. The van der Waals surface area contributed by atoms with Gasteiger partial charge in [-0.1, -0.05) is 26.7 Å². The quantitative estimate of drug-likeness (QED) is 0.618. The van der Waals surface area contributed by atoms with Crippen molar-refractivity contribution in [2.75, 3.05) is 7.11 Å². The van der Waals surface area contributed by atoms with E-state index in [1.807, 2.05) is 0 Å². The minimum absolute atomic E-state index is 0.00366. The van der Waals surface area contributed by atoms with Gasteiger partial charge in [-0.15, -0.1) is 0 Å². The van der Waals surface area contributed by atoms with Crippen LogP contribution >= 0.6 is 0 Å². The summed E-state index contributed by atoms with van der Waals surface area (Å²) in [5.74, 6) is 7.10. The van der Waals surface area contributed by atoms with Gasteiger partial charge in [0, 0.05) is 12.4 Å². The van der Waals surface area contributed by atoms with Gasteiger partial charge in [0.1, 0.15) is 5.69 Å². The van der Waals surface area contributed by atoms with Crippen molar-refractivity contribution in [2.45, 2.75) is 52.0 Å². The second-order valence-electron chi connectivity index (χ2n) is 6.22. The summed E-state index contributed by atoms with van der Waals surface area (Å²) in [6.07, 6.45) is 9.38. The molecule has 5 heteroatoms. The van der Waals surface area contributed by atoms with Crippen LogP contribution in [0.1, 0.15) is 57.7 Å². The summed E-state index contributed by atoms with van der Waals surface area (Å²) < 4.78 is 5.37. The van der Waals surface area contributed by atoms with Gasteiger partial charge in [0.2, 0.25) is 5.88 Å². The first kappa shape index (κ1) is 15.2. The van der Waals surface area contributed by atoms with Crippen LogP contribution in [0.3, 0.4) is 0 Å². The number of rotatable bonds is 6. The summed E-state index contributed by atoms with van der Waals surface area (Å²) in [5.41, 5.74) is 3.99. The van der Waals surface area contributed by atoms with Gasteiger partial charge in [-0.25, -0.2) is 4.98 Å². The van der Waals surface area contributed by atoms with E-state index in [2.05, 4.69) is 29.2 Å². The summed E-state index contributed by atoms with van der Waals surface area (Å²) in [5, 5.41) is 0. The van der Waals surface area contributed by atoms with E-state index in [1.54, 1.807) is 19.5 Å². The van der Waals surface area contributed by atoms with Gasteiger partial charge in [0.25, 0.3) is 0 Å². The van der Waals surface area contributed by atoms with Gasteiger partial charge in [-0.2, -0.15) is 0 Å². The fourth-order valence-corrected chi connectivity index (χ4v) is 3.74. The molecule has 20 heavy (non-hydrogen) atoms. The Morgan fingerprint density at radius 1 is 1.30 bits per heavy atom. The molecular weight excluding hydrogens is 252 g/mol. The van der Waals surface area contributed by atoms with E-state index < -0.39 is 0 Å². The second-order valence-corrected chi connectivity index (χ2v) is 6.22. The van der Waals surface area contributed by atoms with E-state index in [0.29, 0.717) is 11.8 Å². The zero-order chi connectivity index (χ0) is 14.6. The molecule has 0 spiro atoms. The lowest BCUT2D eigenvalue weighted by molar-refractivity contribution is 0.149. The van der Waals surface area contributed by atoms with Crippen LogP contribution in [0.15, 0.2) is 12.4 Å².